The Morgan fingerprint density at radius 1 is 0.413 bits per heavy atom. The molecule has 0 spiro atoms. The fourth-order valence-electron chi connectivity index (χ4n) is 9.46. The number of hydrogen-bond donors (Lipinski definition) is 1. The van der Waals surface area contributed by atoms with Gasteiger partial charge in [-0.1, -0.05) is 96.5 Å². The highest BCUT2D eigenvalue weighted by Gasteiger charge is 2.41. The molecule has 12 rings (SSSR count). The first kappa shape index (κ1) is 49.7. The number of nitrogens with zero attached hydrogens (tertiary/aromatic N) is 5. The lowest BCUT2D eigenvalue weighted by Crippen LogP contribution is -2.33. The maximum Gasteiger partial charge on any atom is 0.262 e. The number of nitrogens with two attached hydrogens (primary N) is 1. The Labute approximate surface area is 433 Å². The molecule has 7 aromatic carbocycles. The predicted octanol–water partition coefficient (Wildman–Crippen LogP) is 13.8. The number of amides is 4. The molecule has 0 fully saturated rings. The first-order valence-electron chi connectivity index (χ1n) is 23.9. The molecule has 0 saturated carbocycles. The minimum absolute atomic E-state index is 0.132. The standard InChI is InChI=1S/C25H17FN2O2.C19H12ClFN2O2.C17H15FN2/c1-15(28-24(29)19-9-5-6-10-20(19)25(28)30)21-13-17-11-12-18(26)14-22(17)27-23(21)16-7-3-2-4-8-16;1-10(23-18(24)13-4-2-3-5-14(13)19(23)25)15-8-11-6-7-12(21)9-16(11)22-17(15)20;1-11(19)15-9-13-7-8-14(18)10-16(13)20-17(15)12-5-3-2-4-6-12/h2-15H,1H3;2-10H,1H3;2-11H,19H2,1H3/t15-;10-;11-/m000/s1. The van der Waals surface area contributed by atoms with Crippen LogP contribution in [0.1, 0.15) is 97.0 Å². The van der Waals surface area contributed by atoms with Crippen LogP contribution in [0.15, 0.2) is 182 Å². The van der Waals surface area contributed by atoms with E-state index in [1.807, 2.05) is 86.6 Å². The molecule has 2 N–H and O–H groups in total. The van der Waals surface area contributed by atoms with E-state index in [0.717, 1.165) is 38.7 Å². The average Bonchev–Trinajstić information content (AvgIpc) is 3.83. The first-order valence-corrected chi connectivity index (χ1v) is 24.3. The summed E-state index contributed by atoms with van der Waals surface area (Å²) in [5.74, 6) is -2.40. The number of pyridine rings is 3. The number of hydrogen-bond acceptors (Lipinski definition) is 8. The number of benzene rings is 7. The van der Waals surface area contributed by atoms with E-state index < -0.39 is 17.9 Å². The van der Waals surface area contributed by atoms with Crippen molar-refractivity contribution < 1.29 is 32.3 Å². The second-order valence-corrected chi connectivity index (χ2v) is 18.5. The first-order chi connectivity index (χ1) is 36.2. The molecule has 3 aromatic heterocycles. The van der Waals surface area contributed by atoms with Crippen LogP contribution in [-0.2, 0) is 0 Å². The molecule has 3 atom stereocenters. The number of carbonyl (C=O) groups excluding carboxylic acids is 4. The largest absolute Gasteiger partial charge is 0.324 e. The van der Waals surface area contributed by atoms with Gasteiger partial charge in [0.1, 0.15) is 22.6 Å². The quantitative estimate of drug-likeness (QED) is 0.123. The Morgan fingerprint density at radius 2 is 0.733 bits per heavy atom. The Morgan fingerprint density at radius 3 is 1.12 bits per heavy atom. The molecule has 0 saturated heterocycles. The molecule has 0 aliphatic carbocycles. The molecule has 0 radical (unpaired) electrons. The van der Waals surface area contributed by atoms with Crippen LogP contribution in [0.3, 0.4) is 0 Å². The van der Waals surface area contributed by atoms with Crippen molar-refractivity contribution in [3.05, 3.63) is 244 Å². The third-order valence-electron chi connectivity index (χ3n) is 13.3. The molecule has 10 nitrogen and oxygen atoms in total. The molecular formula is C61H44ClF3N6O4. The molecule has 0 bridgehead atoms. The zero-order valence-corrected chi connectivity index (χ0v) is 41.3. The van der Waals surface area contributed by atoms with Crippen molar-refractivity contribution in [2.24, 2.45) is 5.73 Å². The lowest BCUT2D eigenvalue weighted by atomic mass is 9.97. The number of rotatable bonds is 7. The second kappa shape index (κ2) is 20.5. The molecule has 5 heterocycles. The Balaban J connectivity index is 0.000000131. The van der Waals surface area contributed by atoms with Crippen molar-refractivity contribution in [2.75, 3.05) is 0 Å². The van der Waals surface area contributed by atoms with Gasteiger partial charge in [0.25, 0.3) is 23.6 Å². The number of halogens is 4. The molecule has 370 valence electrons. The van der Waals surface area contributed by atoms with Crippen molar-refractivity contribution in [3.63, 3.8) is 0 Å². The topological polar surface area (TPSA) is 139 Å². The number of imide groups is 2. The van der Waals surface area contributed by atoms with E-state index in [1.54, 1.807) is 79.7 Å². The normalized spacial score (nSPS) is 14.0. The Bertz CT molecular complexity index is 3850. The minimum Gasteiger partial charge on any atom is -0.324 e. The number of fused-ring (bicyclic) bond motifs is 5. The van der Waals surface area contributed by atoms with Crippen LogP contribution in [-0.4, -0.2) is 48.4 Å². The van der Waals surface area contributed by atoms with E-state index in [0.29, 0.717) is 55.4 Å². The van der Waals surface area contributed by atoms with Crippen LogP contribution in [0.2, 0.25) is 5.15 Å². The third-order valence-corrected chi connectivity index (χ3v) is 13.6. The zero-order chi connectivity index (χ0) is 52.7. The van der Waals surface area contributed by atoms with Crippen molar-refractivity contribution in [3.8, 4) is 22.5 Å². The number of aromatic nitrogens is 3. The summed E-state index contributed by atoms with van der Waals surface area (Å²) in [4.78, 5) is 67.3. The molecular weight excluding hydrogens is 973 g/mol. The highest BCUT2D eigenvalue weighted by atomic mass is 35.5. The molecule has 75 heavy (non-hydrogen) atoms. The molecule has 0 unspecified atom stereocenters. The fraction of sp³-hybridized carbons (Fsp3) is 0.0984. The molecule has 14 heteroatoms. The second-order valence-electron chi connectivity index (χ2n) is 18.2. The third kappa shape index (κ3) is 9.62. The summed E-state index contributed by atoms with van der Waals surface area (Å²) < 4.78 is 40.5. The van der Waals surface area contributed by atoms with E-state index in [-0.39, 0.29) is 46.5 Å². The minimum atomic E-state index is -0.596. The highest BCUT2D eigenvalue weighted by molar-refractivity contribution is 6.31. The van der Waals surface area contributed by atoms with Gasteiger partial charge in [-0.3, -0.25) is 29.0 Å². The lowest BCUT2D eigenvalue weighted by Gasteiger charge is -2.25. The predicted molar refractivity (Wildman–Crippen MR) is 284 cm³/mol. The van der Waals surface area contributed by atoms with Crippen LogP contribution >= 0.6 is 11.6 Å². The van der Waals surface area contributed by atoms with Gasteiger partial charge in [0.15, 0.2) is 0 Å². The van der Waals surface area contributed by atoms with Crippen LogP contribution < -0.4 is 5.73 Å². The maximum atomic E-state index is 13.8. The van der Waals surface area contributed by atoms with E-state index in [1.165, 1.54) is 46.2 Å². The summed E-state index contributed by atoms with van der Waals surface area (Å²) in [6.45, 7) is 5.47. The lowest BCUT2D eigenvalue weighted by molar-refractivity contribution is 0.0579. The van der Waals surface area contributed by atoms with Gasteiger partial charge in [-0.15, -0.1) is 0 Å². The highest BCUT2D eigenvalue weighted by Crippen LogP contribution is 2.38. The van der Waals surface area contributed by atoms with Crippen LogP contribution in [0.4, 0.5) is 13.2 Å². The van der Waals surface area contributed by atoms with E-state index in [9.17, 15) is 32.3 Å². The molecule has 4 amide bonds. The van der Waals surface area contributed by atoms with Gasteiger partial charge in [0, 0.05) is 62.7 Å². The van der Waals surface area contributed by atoms with E-state index >= 15 is 0 Å². The number of carbonyl (C=O) groups is 4. The van der Waals surface area contributed by atoms with Gasteiger partial charge in [-0.05, 0) is 105 Å². The van der Waals surface area contributed by atoms with Crippen molar-refractivity contribution in [2.45, 2.75) is 38.9 Å². The summed E-state index contributed by atoms with van der Waals surface area (Å²) in [6, 6.07) is 50.5. The fourth-order valence-corrected chi connectivity index (χ4v) is 9.76. The van der Waals surface area contributed by atoms with Crippen molar-refractivity contribution in [1.82, 2.24) is 24.8 Å². The zero-order valence-electron chi connectivity index (χ0n) is 40.5. The van der Waals surface area contributed by atoms with Crippen LogP contribution in [0.5, 0.6) is 0 Å². The van der Waals surface area contributed by atoms with E-state index in [4.69, 9.17) is 22.3 Å². The average molecular weight is 1020 g/mol. The summed E-state index contributed by atoms with van der Waals surface area (Å²) in [5.41, 5.74) is 14.7. The summed E-state index contributed by atoms with van der Waals surface area (Å²) in [6.07, 6.45) is 0. The molecule has 2 aliphatic heterocycles. The van der Waals surface area contributed by atoms with Gasteiger partial charge >= 0.3 is 0 Å². The van der Waals surface area contributed by atoms with Gasteiger partial charge in [0.05, 0.1) is 62.3 Å². The Kier molecular flexibility index (Phi) is 13.6. The van der Waals surface area contributed by atoms with Crippen LogP contribution in [0, 0.1) is 17.5 Å². The summed E-state index contributed by atoms with van der Waals surface area (Å²) >= 11 is 6.25. The Hall–Kier alpha value is -8.91. The SMILES string of the molecule is C[C@@H](c1cc2ccc(F)cc2nc1-c1ccccc1)N1C(=O)c2ccccc2C1=O.C[C@@H](c1cc2ccc(F)cc2nc1Cl)N1C(=O)c2ccccc2C1=O.C[C@H](N)c1cc2ccc(F)cc2nc1-c1ccccc1. The molecule has 10 aromatic rings. The maximum absolute atomic E-state index is 13.8. The van der Waals surface area contributed by atoms with Crippen molar-refractivity contribution >= 4 is 67.9 Å². The van der Waals surface area contributed by atoms with Crippen LogP contribution in [0.25, 0.3) is 55.2 Å². The summed E-state index contributed by atoms with van der Waals surface area (Å²) in [5, 5.41) is 2.47. The van der Waals surface area contributed by atoms with Gasteiger partial charge in [-0.2, -0.15) is 0 Å². The monoisotopic (exact) mass is 1020 g/mol. The van der Waals surface area contributed by atoms with E-state index in [2.05, 4.69) is 9.97 Å². The van der Waals surface area contributed by atoms with Crippen molar-refractivity contribution in [1.29, 1.82) is 0 Å². The van der Waals surface area contributed by atoms with Gasteiger partial charge in [-0.25, -0.2) is 28.1 Å². The smallest absolute Gasteiger partial charge is 0.262 e. The molecule has 2 aliphatic rings. The summed E-state index contributed by atoms with van der Waals surface area (Å²) in [7, 11) is 0. The van der Waals surface area contributed by atoms with Gasteiger partial charge in [0.2, 0.25) is 0 Å². The van der Waals surface area contributed by atoms with Gasteiger partial charge < -0.3 is 5.73 Å².